The van der Waals surface area contributed by atoms with Crippen molar-refractivity contribution in [3.8, 4) is 0 Å². The summed E-state index contributed by atoms with van der Waals surface area (Å²) in [5, 5.41) is 7.53. The number of unbranched alkanes of at least 4 members (excludes halogenated alkanes) is 4. The molecular weight excluding hydrogens is 240 g/mol. The van der Waals surface area contributed by atoms with E-state index in [9.17, 15) is 13.2 Å². The molecule has 0 rings (SSSR count). The second kappa shape index (κ2) is 9.41. The molecule has 0 unspecified atom stereocenters. The highest BCUT2D eigenvalue weighted by Crippen LogP contribution is 2.04. The van der Waals surface area contributed by atoms with Crippen LogP contribution in [0.15, 0.2) is 0 Å². The molecule has 0 aromatic rings. The molecular formula is C11H24N2O3S. The number of sulfonamides is 1. The van der Waals surface area contributed by atoms with Gasteiger partial charge in [-0.1, -0.05) is 32.6 Å². The molecule has 0 aromatic heterocycles. The Balaban J connectivity index is 3.35. The fourth-order valence-corrected chi connectivity index (χ4v) is 2.03. The third kappa shape index (κ3) is 13.3. The van der Waals surface area contributed by atoms with Crippen LogP contribution >= 0.6 is 0 Å². The predicted molar refractivity (Wildman–Crippen MR) is 69.0 cm³/mol. The summed E-state index contributed by atoms with van der Waals surface area (Å²) in [6, 6.07) is 0. The lowest BCUT2D eigenvalue weighted by Crippen LogP contribution is -2.27. The molecule has 0 saturated heterocycles. The summed E-state index contributed by atoms with van der Waals surface area (Å²) in [6.07, 6.45) is 6.48. The molecule has 0 aliphatic carbocycles. The van der Waals surface area contributed by atoms with E-state index in [1.165, 1.54) is 19.3 Å². The highest BCUT2D eigenvalue weighted by molar-refractivity contribution is 7.89. The number of nitrogens with two attached hydrogens (primary N) is 1. The van der Waals surface area contributed by atoms with Crippen LogP contribution in [-0.2, 0) is 14.8 Å². The predicted octanol–water partition coefficient (Wildman–Crippen LogP) is 1.14. The van der Waals surface area contributed by atoms with E-state index in [1.807, 2.05) is 0 Å². The van der Waals surface area contributed by atoms with Gasteiger partial charge in [-0.15, -0.1) is 0 Å². The third-order valence-electron chi connectivity index (χ3n) is 2.44. The summed E-state index contributed by atoms with van der Waals surface area (Å²) < 4.78 is 21.2. The van der Waals surface area contributed by atoms with Crippen molar-refractivity contribution in [2.45, 2.75) is 51.9 Å². The van der Waals surface area contributed by atoms with Gasteiger partial charge in [-0.05, 0) is 12.8 Å². The Hall–Kier alpha value is -0.620. The molecule has 3 N–H and O–H groups in total. The van der Waals surface area contributed by atoms with Gasteiger partial charge in [0.05, 0.1) is 5.75 Å². The number of carbonyl (C=O) groups excluding carboxylic acids is 1. The van der Waals surface area contributed by atoms with Crippen molar-refractivity contribution < 1.29 is 13.2 Å². The van der Waals surface area contributed by atoms with E-state index in [0.717, 1.165) is 12.8 Å². The van der Waals surface area contributed by atoms with Gasteiger partial charge in [-0.25, -0.2) is 13.6 Å². The van der Waals surface area contributed by atoms with Crippen molar-refractivity contribution in [1.82, 2.24) is 5.32 Å². The van der Waals surface area contributed by atoms with E-state index in [-0.39, 0.29) is 11.7 Å². The topological polar surface area (TPSA) is 89.3 Å². The van der Waals surface area contributed by atoms with Crippen molar-refractivity contribution in [3.05, 3.63) is 0 Å². The van der Waals surface area contributed by atoms with Gasteiger partial charge in [0.25, 0.3) is 0 Å². The first kappa shape index (κ1) is 16.4. The minimum atomic E-state index is -3.40. The quantitative estimate of drug-likeness (QED) is 0.580. The molecule has 0 aliphatic heterocycles. The van der Waals surface area contributed by atoms with Gasteiger partial charge < -0.3 is 5.32 Å². The molecule has 0 heterocycles. The highest BCUT2D eigenvalue weighted by Gasteiger charge is 2.03. The number of amides is 1. The third-order valence-corrected chi connectivity index (χ3v) is 3.29. The number of nitrogens with one attached hydrogen (secondary N) is 1. The van der Waals surface area contributed by atoms with Crippen molar-refractivity contribution in [2.75, 3.05) is 12.3 Å². The van der Waals surface area contributed by atoms with Crippen LogP contribution in [0.2, 0.25) is 0 Å². The lowest BCUT2D eigenvalue weighted by atomic mass is 10.1. The zero-order chi connectivity index (χ0) is 13.1. The van der Waals surface area contributed by atoms with E-state index in [4.69, 9.17) is 5.14 Å². The Morgan fingerprint density at radius 2 is 1.76 bits per heavy atom. The van der Waals surface area contributed by atoms with Crippen LogP contribution in [0.3, 0.4) is 0 Å². The summed E-state index contributed by atoms with van der Waals surface area (Å²) >= 11 is 0. The SMILES string of the molecule is CCCCCCCC(=O)NCCCS(N)(=O)=O. The maximum atomic E-state index is 11.3. The molecule has 0 fully saturated rings. The zero-order valence-electron chi connectivity index (χ0n) is 10.6. The molecule has 5 nitrogen and oxygen atoms in total. The van der Waals surface area contributed by atoms with E-state index in [0.29, 0.717) is 19.4 Å². The Kier molecular flexibility index (Phi) is 9.07. The Bertz CT molecular complexity index is 302. The van der Waals surface area contributed by atoms with Gasteiger partial charge in [0.2, 0.25) is 15.9 Å². The van der Waals surface area contributed by atoms with Crippen LogP contribution in [0.1, 0.15) is 51.9 Å². The summed E-state index contributed by atoms with van der Waals surface area (Å²) in [4.78, 5) is 11.3. The van der Waals surface area contributed by atoms with Crippen LogP contribution in [0.5, 0.6) is 0 Å². The maximum absolute atomic E-state index is 11.3. The molecule has 17 heavy (non-hydrogen) atoms. The molecule has 0 atom stereocenters. The Morgan fingerprint density at radius 1 is 1.12 bits per heavy atom. The number of hydrogen-bond donors (Lipinski definition) is 2. The van der Waals surface area contributed by atoms with Gasteiger partial charge in [0.1, 0.15) is 0 Å². The molecule has 1 amide bonds. The van der Waals surface area contributed by atoms with Crippen molar-refractivity contribution in [3.63, 3.8) is 0 Å². The van der Waals surface area contributed by atoms with Gasteiger partial charge in [0.15, 0.2) is 0 Å². The first-order valence-electron chi connectivity index (χ1n) is 6.23. The van der Waals surface area contributed by atoms with Gasteiger partial charge >= 0.3 is 0 Å². The van der Waals surface area contributed by atoms with Crippen molar-refractivity contribution in [2.24, 2.45) is 5.14 Å². The lowest BCUT2D eigenvalue weighted by Gasteiger charge is -2.04. The van der Waals surface area contributed by atoms with Gasteiger partial charge in [-0.2, -0.15) is 0 Å². The first-order valence-corrected chi connectivity index (χ1v) is 7.94. The summed E-state index contributed by atoms with van der Waals surface area (Å²) in [5.41, 5.74) is 0. The minimum Gasteiger partial charge on any atom is -0.356 e. The number of hydrogen-bond acceptors (Lipinski definition) is 3. The number of carbonyl (C=O) groups is 1. The smallest absolute Gasteiger partial charge is 0.219 e. The second-order valence-electron chi connectivity index (χ2n) is 4.23. The van der Waals surface area contributed by atoms with Crippen molar-refractivity contribution in [1.29, 1.82) is 0 Å². The molecule has 0 aromatic carbocycles. The molecule has 0 saturated carbocycles. The molecule has 0 spiro atoms. The fraction of sp³-hybridized carbons (Fsp3) is 0.909. The largest absolute Gasteiger partial charge is 0.356 e. The van der Waals surface area contributed by atoms with Gasteiger partial charge in [0, 0.05) is 13.0 Å². The normalized spacial score (nSPS) is 11.4. The van der Waals surface area contributed by atoms with Crippen LogP contribution < -0.4 is 10.5 Å². The summed E-state index contributed by atoms with van der Waals surface area (Å²) in [7, 11) is -3.40. The zero-order valence-corrected chi connectivity index (χ0v) is 11.4. The van der Waals surface area contributed by atoms with Crippen LogP contribution in [0.4, 0.5) is 0 Å². The standard InChI is InChI=1S/C11H24N2O3S/c1-2-3-4-5-6-8-11(14)13-9-7-10-17(12,15)16/h2-10H2,1H3,(H,13,14)(H2,12,15,16). The first-order chi connectivity index (χ1) is 7.95. The van der Waals surface area contributed by atoms with Gasteiger partial charge in [-0.3, -0.25) is 4.79 Å². The Labute approximate surface area is 104 Å². The van der Waals surface area contributed by atoms with Crippen LogP contribution in [0.25, 0.3) is 0 Å². The molecule has 6 heteroatoms. The van der Waals surface area contributed by atoms with Crippen LogP contribution in [-0.4, -0.2) is 26.6 Å². The lowest BCUT2D eigenvalue weighted by molar-refractivity contribution is -0.121. The molecule has 0 bridgehead atoms. The fourth-order valence-electron chi connectivity index (χ4n) is 1.48. The van der Waals surface area contributed by atoms with E-state index >= 15 is 0 Å². The highest BCUT2D eigenvalue weighted by atomic mass is 32.2. The summed E-state index contributed by atoms with van der Waals surface area (Å²) in [6.45, 7) is 2.53. The molecule has 0 aliphatic rings. The van der Waals surface area contributed by atoms with Crippen molar-refractivity contribution >= 4 is 15.9 Å². The monoisotopic (exact) mass is 264 g/mol. The molecule has 102 valence electrons. The average Bonchev–Trinajstić information content (AvgIpc) is 2.23. The number of rotatable bonds is 10. The van der Waals surface area contributed by atoms with E-state index in [2.05, 4.69) is 12.2 Å². The molecule has 0 radical (unpaired) electrons. The second-order valence-corrected chi connectivity index (χ2v) is 5.97. The Morgan fingerprint density at radius 3 is 2.35 bits per heavy atom. The number of primary sulfonamides is 1. The average molecular weight is 264 g/mol. The van der Waals surface area contributed by atoms with E-state index < -0.39 is 10.0 Å². The van der Waals surface area contributed by atoms with Crippen LogP contribution in [0, 0.1) is 0 Å². The summed E-state index contributed by atoms with van der Waals surface area (Å²) in [5.74, 6) is -0.0834. The minimum absolute atomic E-state index is 0.00378. The maximum Gasteiger partial charge on any atom is 0.219 e. The van der Waals surface area contributed by atoms with E-state index in [1.54, 1.807) is 0 Å².